The van der Waals surface area contributed by atoms with Gasteiger partial charge in [0.2, 0.25) is 11.8 Å². The number of nitrogens with zero attached hydrogens (tertiary/aromatic N) is 3. The number of carbonyl (C=O) groups excluding carboxylic acids is 7. The Kier molecular flexibility index (Phi) is 18.6. The summed E-state index contributed by atoms with van der Waals surface area (Å²) in [5.74, 6) is -1.86. The predicted octanol–water partition coefficient (Wildman–Crippen LogP) is 5.73. The summed E-state index contributed by atoms with van der Waals surface area (Å²) in [6, 6.07) is 2.52. The second kappa shape index (κ2) is 23.3. The number of amides is 5. The first-order chi connectivity index (χ1) is 31.6. The molecule has 368 valence electrons. The van der Waals surface area contributed by atoms with Gasteiger partial charge in [-0.25, -0.2) is 9.59 Å². The summed E-state index contributed by atoms with van der Waals surface area (Å²) in [6.07, 6.45) is 4.79. The third-order valence-corrected chi connectivity index (χ3v) is 16.1. The van der Waals surface area contributed by atoms with Crippen LogP contribution in [-0.4, -0.2) is 144 Å². The molecule has 67 heavy (non-hydrogen) atoms. The molecule has 0 radical (unpaired) electrons. The zero-order valence-electron chi connectivity index (χ0n) is 39.5. The number of ketones is 1. The van der Waals surface area contributed by atoms with Crippen LogP contribution in [0.5, 0.6) is 5.75 Å². The van der Waals surface area contributed by atoms with Crippen molar-refractivity contribution in [3.63, 3.8) is 0 Å². The standard InChI is InChI=1S/C47H63ClN4O13S2/c1-27-12-10-14-36(62-9)47(60)26-35(63-45(59)49-47)29(3)43-46(5,65-43)37(25-41(57)51(7)33-23-31(22-27)24-34(61-8)42(33)48)64-44(58)30(4)50(6)38(54)16-15-28(2)67-66-21-11-13-32(53)19-20-52-39(55)17-18-40(52)56/h10,12,14,17-18,23-24,28-30,35-37,43,60H,11,13,15-16,19-22,25-26H2,1-9H3,(H,49,59)/b14-10+,27-12+/t28?,29-,30+,35+,36-,37+,43+,46+,47+/m1/s1. The minimum Gasteiger partial charge on any atom is -0.495 e. The monoisotopic (exact) mass is 990 g/mol. The summed E-state index contributed by atoms with van der Waals surface area (Å²) < 4.78 is 29.4. The molecule has 1 aromatic rings. The number of halogens is 1. The second-order valence-electron chi connectivity index (χ2n) is 17.7. The molecule has 1 aromatic carbocycles. The number of hydrogen-bond acceptors (Lipinski definition) is 15. The number of methoxy groups -OCH3 is 2. The molecular weight excluding hydrogens is 928 g/mol. The number of Topliss-reactive ketones (excluding diaryl/α,β-unsaturated/α-hetero) is 1. The highest BCUT2D eigenvalue weighted by Crippen LogP contribution is 2.49. The quantitative estimate of drug-likeness (QED) is 0.0628. The number of epoxide rings is 1. The van der Waals surface area contributed by atoms with Crippen molar-refractivity contribution in [3.05, 3.63) is 58.7 Å². The van der Waals surface area contributed by atoms with E-state index >= 15 is 0 Å². The zero-order valence-corrected chi connectivity index (χ0v) is 41.9. The lowest BCUT2D eigenvalue weighted by atomic mass is 9.83. The van der Waals surface area contributed by atoms with E-state index in [1.54, 1.807) is 73.7 Å². The zero-order chi connectivity index (χ0) is 49.4. The predicted molar refractivity (Wildman–Crippen MR) is 254 cm³/mol. The molecule has 0 aromatic heterocycles. The second-order valence-corrected chi connectivity index (χ2v) is 21.0. The SMILES string of the molecule is COc1cc2cc(c1Cl)N(C)C(=O)C[C@H](OC(=O)[C@H](C)N(C)C(=O)CCC(C)SSCCCC(=O)CCN1C(=O)C=CC1=O)[C@]1(C)O[C@H]1[C@H](C)[C@@H]1C[C@@](O)(NC(=O)O1)[C@H](OC)/C=C/C=C(\C)C2. The number of ether oxygens (including phenoxy) is 5. The average molecular weight is 992 g/mol. The summed E-state index contributed by atoms with van der Waals surface area (Å²) in [7, 11) is 9.17. The van der Waals surface area contributed by atoms with E-state index < -0.39 is 77.5 Å². The lowest BCUT2D eigenvalue weighted by molar-refractivity contribution is -0.162. The van der Waals surface area contributed by atoms with Crippen LogP contribution >= 0.6 is 33.2 Å². The summed E-state index contributed by atoms with van der Waals surface area (Å²) in [5, 5.41) is 14.6. The van der Waals surface area contributed by atoms with Gasteiger partial charge in [0.1, 0.15) is 46.5 Å². The molecule has 9 atom stereocenters. The number of likely N-dealkylation sites (N-methyl/N-ethyl adjacent to an activating group) is 1. The third kappa shape index (κ3) is 13.4. The van der Waals surface area contributed by atoms with Crippen molar-refractivity contribution < 1.29 is 62.4 Å². The molecule has 1 unspecified atom stereocenters. The van der Waals surface area contributed by atoms with Gasteiger partial charge < -0.3 is 38.6 Å². The molecule has 17 nitrogen and oxygen atoms in total. The van der Waals surface area contributed by atoms with E-state index in [9.17, 15) is 38.7 Å². The van der Waals surface area contributed by atoms with Crippen molar-refractivity contribution in [2.24, 2.45) is 5.92 Å². The van der Waals surface area contributed by atoms with Crippen molar-refractivity contribution in [3.8, 4) is 5.75 Å². The van der Waals surface area contributed by atoms with Crippen molar-refractivity contribution >= 4 is 80.4 Å². The van der Waals surface area contributed by atoms with Gasteiger partial charge in [0.05, 0.1) is 25.3 Å². The molecule has 4 aliphatic rings. The van der Waals surface area contributed by atoms with Crippen LogP contribution in [0.15, 0.2) is 48.1 Å². The summed E-state index contributed by atoms with van der Waals surface area (Å²) in [4.78, 5) is 94.2. The van der Waals surface area contributed by atoms with Crippen molar-refractivity contribution in [2.75, 3.05) is 45.5 Å². The Morgan fingerprint density at radius 1 is 1.09 bits per heavy atom. The van der Waals surface area contributed by atoms with Gasteiger partial charge in [-0.15, -0.1) is 0 Å². The van der Waals surface area contributed by atoms with Gasteiger partial charge in [-0.05, 0) is 57.7 Å². The van der Waals surface area contributed by atoms with Gasteiger partial charge in [0.25, 0.3) is 11.8 Å². The van der Waals surface area contributed by atoms with Gasteiger partial charge in [-0.1, -0.05) is 70.8 Å². The molecule has 2 saturated heterocycles. The number of allylic oxidation sites excluding steroid dienone is 3. The Morgan fingerprint density at radius 2 is 1.79 bits per heavy atom. The number of rotatable bonds is 17. The van der Waals surface area contributed by atoms with Crippen LogP contribution in [0.3, 0.4) is 0 Å². The highest BCUT2D eigenvalue weighted by atomic mass is 35.5. The fourth-order valence-corrected chi connectivity index (χ4v) is 11.0. The molecule has 5 rings (SSSR count). The molecule has 0 saturated carbocycles. The molecule has 2 fully saturated rings. The highest BCUT2D eigenvalue weighted by molar-refractivity contribution is 8.76. The topological polar surface area (TPSA) is 211 Å². The first kappa shape index (κ1) is 53.6. The summed E-state index contributed by atoms with van der Waals surface area (Å²) >= 11 is 6.80. The van der Waals surface area contributed by atoms with E-state index in [2.05, 4.69) is 5.32 Å². The molecule has 4 heterocycles. The van der Waals surface area contributed by atoms with E-state index in [1.807, 2.05) is 19.9 Å². The summed E-state index contributed by atoms with van der Waals surface area (Å²) in [5.41, 5.74) is -1.06. The summed E-state index contributed by atoms with van der Waals surface area (Å²) in [6.45, 7) is 9.02. The molecule has 5 amide bonds. The minimum atomic E-state index is -1.86. The number of carbonyl (C=O) groups is 7. The number of nitrogens with one attached hydrogen (secondary N) is 1. The highest BCUT2D eigenvalue weighted by Gasteiger charge is 2.64. The molecular formula is C47H63ClN4O13S2. The van der Waals surface area contributed by atoms with Gasteiger partial charge >= 0.3 is 12.1 Å². The smallest absolute Gasteiger partial charge is 0.409 e. The van der Waals surface area contributed by atoms with Crippen molar-refractivity contribution in [1.82, 2.24) is 15.1 Å². The number of anilines is 1. The first-order valence-electron chi connectivity index (χ1n) is 22.3. The van der Waals surface area contributed by atoms with E-state index in [4.69, 9.17) is 35.3 Å². The molecule has 4 bridgehead atoms. The fourth-order valence-electron chi connectivity index (χ4n) is 8.27. The lowest BCUT2D eigenvalue weighted by Gasteiger charge is -2.42. The molecule has 0 spiro atoms. The van der Waals surface area contributed by atoms with Crippen LogP contribution in [0.25, 0.3) is 0 Å². The van der Waals surface area contributed by atoms with E-state index in [0.717, 1.165) is 16.0 Å². The fraction of sp³-hybridized carbons (Fsp3) is 0.596. The van der Waals surface area contributed by atoms with Crippen LogP contribution in [0.2, 0.25) is 5.02 Å². The molecule has 4 aliphatic heterocycles. The molecule has 0 aliphatic carbocycles. The Balaban J connectivity index is 1.25. The van der Waals surface area contributed by atoms with Gasteiger partial charge in [0.15, 0.2) is 5.72 Å². The third-order valence-electron chi connectivity index (χ3n) is 12.7. The first-order valence-corrected chi connectivity index (χ1v) is 25.1. The normalized spacial score (nSPS) is 28.6. The maximum Gasteiger partial charge on any atom is 0.409 e. The van der Waals surface area contributed by atoms with Crippen LogP contribution < -0.4 is 15.0 Å². The van der Waals surface area contributed by atoms with E-state index in [-0.39, 0.29) is 54.2 Å². The minimum absolute atomic E-state index is 0.0237. The van der Waals surface area contributed by atoms with Crippen LogP contribution in [-0.2, 0) is 54.1 Å². The molecule has 2 N–H and O–H groups in total. The average Bonchev–Trinajstić information content (AvgIpc) is 3.88. The largest absolute Gasteiger partial charge is 0.495 e. The van der Waals surface area contributed by atoms with Gasteiger partial charge in [0, 0.05) is 82.5 Å². The number of aliphatic hydroxyl groups is 1. The number of esters is 1. The Bertz CT molecular complexity index is 2140. The number of benzene rings is 1. The Morgan fingerprint density at radius 3 is 2.46 bits per heavy atom. The van der Waals surface area contributed by atoms with E-state index in [1.165, 1.54) is 43.2 Å². The Labute approximate surface area is 405 Å². The molecule has 20 heteroatoms. The number of fused-ring (bicyclic) bond motifs is 5. The van der Waals surface area contributed by atoms with Crippen molar-refractivity contribution in [2.45, 2.75) is 133 Å². The van der Waals surface area contributed by atoms with Gasteiger partial charge in [-0.2, -0.15) is 0 Å². The number of imide groups is 1. The lowest BCUT2D eigenvalue weighted by Crippen LogP contribution is -2.63. The van der Waals surface area contributed by atoms with Crippen LogP contribution in [0.1, 0.15) is 85.1 Å². The number of alkyl carbamates (subject to hydrolysis) is 1. The maximum absolute atomic E-state index is 14.3. The van der Waals surface area contributed by atoms with Crippen molar-refractivity contribution in [1.29, 1.82) is 0 Å². The van der Waals surface area contributed by atoms with Crippen LogP contribution in [0, 0.1) is 5.92 Å². The van der Waals surface area contributed by atoms with E-state index in [0.29, 0.717) is 42.9 Å². The Hall–Kier alpha value is -4.40. The van der Waals surface area contributed by atoms with Gasteiger partial charge in [-0.3, -0.25) is 34.2 Å². The maximum atomic E-state index is 14.3. The number of hydrogen-bond donors (Lipinski definition) is 2. The van der Waals surface area contributed by atoms with Crippen LogP contribution in [0.4, 0.5) is 10.5 Å².